The summed E-state index contributed by atoms with van der Waals surface area (Å²) in [6.45, 7) is 7.13. The number of fused-ring (bicyclic) bond motifs is 1. The van der Waals surface area contributed by atoms with Crippen LogP contribution in [0.2, 0.25) is 0 Å². The number of hydrogen-bond donors (Lipinski definition) is 15. The molecule has 0 radical (unpaired) electrons. The van der Waals surface area contributed by atoms with E-state index in [9.17, 15) is 58.5 Å². The van der Waals surface area contributed by atoms with E-state index in [1.807, 2.05) is 0 Å². The normalized spacial score (nSPS) is 13.2. The summed E-state index contributed by atoms with van der Waals surface area (Å²) in [5, 5.41) is 50.6. The molecule has 0 bridgehead atoms. The van der Waals surface area contributed by atoms with E-state index < -0.39 is 96.3 Å². The number of carbonyl (C=O) groups is 9. The van der Waals surface area contributed by atoms with Crippen LogP contribution in [0, 0.1) is 0 Å². The molecule has 20 N–H and O–H groups in total. The minimum absolute atomic E-state index is 0.00610. The molecule has 31 heteroatoms. The molecular formula is C82H144N16O14S. The number of thioether (sulfide) groups is 1. The van der Waals surface area contributed by atoms with Gasteiger partial charge in [0, 0.05) is 43.0 Å². The number of carboxylic acid groups (broad SMARTS) is 1. The summed E-state index contributed by atoms with van der Waals surface area (Å²) < 4.78 is 13.0. The molecule has 0 fully saturated rings. The Hall–Kier alpha value is -7.45. The second-order valence-electron chi connectivity index (χ2n) is 29.9. The first-order valence-corrected chi connectivity index (χ1v) is 43.9. The standard InChI is InChI=1S/C82H144N16O14S/c1-4-7-10-12-14-16-18-20-22-24-26-28-30-44-69(100)111-57-62(112-70(101)45-31-29-27-25-23-21-19-17-15-13-11-8-5-2)58-113-59-63(86)75(103)94-68(56-99)79(107)92-64(40-32-36-50-83)76(104)91-66(77(105)90-65(41-33-37-51-84)78(106)93-67(80(108)109)43-34-38-52-85)42-35-39-54-88-74(102)61-48-46-60(47-49-61)55-98-73-71(95-82(98)110)72(87)96-81(97-73)89-53-9-6-3/h46-49,62-68,99H,4-45,50-59,83-86H2,1-3H3,(H,88,102)(H,90,105)(H,91,104)(H,92,107)(H,93,106)(H,94,103)(H,95,110)(H,108,109)(H3,87,89,96,97)/t62?,63-,64-,65-,66-,67-,68-/m0/s1. The number of carboxylic acids is 1. The SMILES string of the molecule is CCCCCCCCCCCCCCCC(=O)OCC(CSC[C@H](N)C(=O)N[C@@H](CO)C(=O)N[C@@H](CCCCN)C(=O)N[C@@H](CCCCNC(=O)c1ccc(Cn2c(O)nc3c(N)nc(NCCCC)nc32)cc1)C(=O)N[C@@H](CCCCN)C(=O)N[C@@H](CCCCN)C(=O)O)OC(=O)CCCCCCCCCCCCCCC. The number of carbonyl (C=O) groups excluding carboxylic acids is 8. The number of nitrogens with one attached hydrogen (secondary N) is 7. The van der Waals surface area contributed by atoms with Crippen molar-refractivity contribution in [1.29, 1.82) is 0 Å². The lowest BCUT2D eigenvalue weighted by molar-refractivity contribution is -0.157. The number of esters is 2. The fourth-order valence-corrected chi connectivity index (χ4v) is 14.0. The maximum atomic E-state index is 14.6. The fourth-order valence-electron chi connectivity index (χ4n) is 13.0. The first-order chi connectivity index (χ1) is 54.7. The zero-order valence-electron chi connectivity index (χ0n) is 68.5. The number of aromatic nitrogens is 4. The molecule has 0 aliphatic heterocycles. The van der Waals surface area contributed by atoms with Gasteiger partial charge in [0.2, 0.25) is 35.5 Å². The van der Waals surface area contributed by atoms with Crippen molar-refractivity contribution in [1.82, 2.24) is 51.4 Å². The monoisotopic (exact) mass is 1610 g/mol. The van der Waals surface area contributed by atoms with Crippen molar-refractivity contribution in [2.75, 3.05) is 68.5 Å². The summed E-state index contributed by atoms with van der Waals surface area (Å²) in [4.78, 5) is 136. The molecule has 1 aromatic carbocycles. The van der Waals surface area contributed by atoms with Gasteiger partial charge in [-0.25, -0.2) is 4.79 Å². The Morgan fingerprint density at radius 1 is 0.487 bits per heavy atom. The summed E-state index contributed by atoms with van der Waals surface area (Å²) in [6.07, 6.45) is 34.8. The van der Waals surface area contributed by atoms with Crippen molar-refractivity contribution in [2.45, 2.75) is 339 Å². The number of nitrogens with two attached hydrogens (primary N) is 5. The molecule has 2 aromatic heterocycles. The van der Waals surface area contributed by atoms with Gasteiger partial charge < -0.3 is 90.7 Å². The minimum Gasteiger partial charge on any atom is -0.480 e. The number of nitrogen functional groups attached to an aromatic ring is 1. The van der Waals surface area contributed by atoms with Crippen LogP contribution < -0.4 is 65.9 Å². The lowest BCUT2D eigenvalue weighted by Gasteiger charge is -2.27. The van der Waals surface area contributed by atoms with Gasteiger partial charge in [-0.3, -0.25) is 42.9 Å². The van der Waals surface area contributed by atoms with Crippen LogP contribution in [0.25, 0.3) is 11.2 Å². The molecule has 0 saturated heterocycles. The Bertz CT molecular complexity index is 3150. The van der Waals surface area contributed by atoms with Gasteiger partial charge in [-0.15, -0.1) is 0 Å². The molecule has 1 unspecified atom stereocenters. The van der Waals surface area contributed by atoms with Gasteiger partial charge in [0.25, 0.3) is 11.9 Å². The average molecular weight is 1610 g/mol. The molecule has 642 valence electrons. The molecule has 0 aliphatic carbocycles. The third-order valence-corrected chi connectivity index (χ3v) is 21.2. The minimum atomic E-state index is -1.61. The summed E-state index contributed by atoms with van der Waals surface area (Å²) in [6, 6.07) is -1.80. The second-order valence-corrected chi connectivity index (χ2v) is 31.0. The van der Waals surface area contributed by atoms with Gasteiger partial charge in [-0.05, 0) is 134 Å². The van der Waals surface area contributed by atoms with Gasteiger partial charge in [0.05, 0.1) is 19.2 Å². The molecule has 0 spiro atoms. The zero-order chi connectivity index (χ0) is 82.6. The molecule has 3 rings (SSSR count). The first kappa shape index (κ1) is 99.7. The smallest absolute Gasteiger partial charge is 0.326 e. The van der Waals surface area contributed by atoms with Crippen LogP contribution in [0.5, 0.6) is 6.01 Å². The lowest BCUT2D eigenvalue weighted by Crippen LogP contribution is -2.59. The van der Waals surface area contributed by atoms with E-state index in [1.165, 1.54) is 132 Å². The number of rotatable bonds is 71. The number of amides is 6. The van der Waals surface area contributed by atoms with Crippen LogP contribution in [0.4, 0.5) is 11.8 Å². The Morgan fingerprint density at radius 2 is 0.912 bits per heavy atom. The average Bonchev–Trinajstić information content (AvgIpc) is 1.64. The van der Waals surface area contributed by atoms with E-state index in [0.717, 1.165) is 51.4 Å². The highest BCUT2D eigenvalue weighted by molar-refractivity contribution is 7.99. The topological polar surface area (TPSA) is 491 Å². The molecule has 2 heterocycles. The van der Waals surface area contributed by atoms with Crippen LogP contribution in [0.15, 0.2) is 24.3 Å². The van der Waals surface area contributed by atoms with E-state index in [4.69, 9.17) is 38.1 Å². The van der Waals surface area contributed by atoms with Crippen molar-refractivity contribution in [3.63, 3.8) is 0 Å². The van der Waals surface area contributed by atoms with Crippen molar-refractivity contribution < 1.29 is 67.9 Å². The van der Waals surface area contributed by atoms with E-state index in [2.05, 4.69) is 72.9 Å². The lowest BCUT2D eigenvalue weighted by atomic mass is 10.0. The molecule has 0 aliphatic rings. The van der Waals surface area contributed by atoms with Gasteiger partial charge in [0.1, 0.15) is 42.9 Å². The zero-order valence-corrected chi connectivity index (χ0v) is 69.4. The van der Waals surface area contributed by atoms with E-state index in [0.29, 0.717) is 87.2 Å². The van der Waals surface area contributed by atoms with Crippen molar-refractivity contribution in [3.8, 4) is 6.01 Å². The van der Waals surface area contributed by atoms with Gasteiger partial charge in [-0.2, -0.15) is 26.7 Å². The highest BCUT2D eigenvalue weighted by atomic mass is 32.2. The Labute approximate surface area is 676 Å². The van der Waals surface area contributed by atoms with Crippen LogP contribution >= 0.6 is 11.8 Å². The maximum Gasteiger partial charge on any atom is 0.326 e. The van der Waals surface area contributed by atoms with Gasteiger partial charge in [0.15, 0.2) is 17.0 Å². The highest BCUT2D eigenvalue weighted by Crippen LogP contribution is 2.26. The van der Waals surface area contributed by atoms with Crippen LogP contribution in [0.1, 0.15) is 306 Å². The summed E-state index contributed by atoms with van der Waals surface area (Å²) in [5.41, 5.74) is 31.5. The first-order valence-electron chi connectivity index (χ1n) is 42.7. The molecule has 0 saturated carbocycles. The number of unbranched alkanes of at least 4 members (excludes halogenated alkanes) is 29. The molecule has 7 atom stereocenters. The fraction of sp³-hybridized carbons (Fsp3) is 0.756. The Kier molecular flexibility index (Phi) is 55.5. The van der Waals surface area contributed by atoms with E-state index >= 15 is 0 Å². The van der Waals surface area contributed by atoms with Crippen molar-refractivity contribution in [2.24, 2.45) is 22.9 Å². The number of aliphatic hydroxyl groups excluding tert-OH is 1. The molecule has 3 aromatic rings. The van der Waals surface area contributed by atoms with E-state index in [-0.39, 0.29) is 119 Å². The number of hydrogen-bond acceptors (Lipinski definition) is 23. The predicted molar refractivity (Wildman–Crippen MR) is 446 cm³/mol. The number of ether oxygens (including phenoxy) is 2. The molecular weight excluding hydrogens is 1470 g/mol. The van der Waals surface area contributed by atoms with Crippen LogP contribution in [-0.2, 0) is 54.4 Å². The summed E-state index contributed by atoms with van der Waals surface area (Å²) in [7, 11) is 0. The number of aliphatic carboxylic acids is 1. The number of aromatic hydroxyl groups is 1. The summed E-state index contributed by atoms with van der Waals surface area (Å²) in [5.74, 6) is -6.19. The Morgan fingerprint density at radius 3 is 1.37 bits per heavy atom. The van der Waals surface area contributed by atoms with Crippen molar-refractivity contribution in [3.05, 3.63) is 35.4 Å². The number of nitrogens with zero attached hydrogens (tertiary/aromatic N) is 4. The van der Waals surface area contributed by atoms with E-state index in [1.54, 1.807) is 24.3 Å². The number of anilines is 2. The largest absolute Gasteiger partial charge is 0.480 e. The third-order valence-electron chi connectivity index (χ3n) is 20.0. The van der Waals surface area contributed by atoms with Gasteiger partial charge in [-0.1, -0.05) is 193 Å². The Balaban J connectivity index is 1.73. The summed E-state index contributed by atoms with van der Waals surface area (Å²) >= 11 is 1.18. The number of aliphatic hydroxyl groups is 1. The number of benzene rings is 1. The van der Waals surface area contributed by atoms with Crippen LogP contribution in [0.3, 0.4) is 0 Å². The molecule has 6 amide bonds. The predicted octanol–water partition coefficient (Wildman–Crippen LogP) is 9.64. The molecule has 113 heavy (non-hydrogen) atoms. The van der Waals surface area contributed by atoms with Gasteiger partial charge >= 0.3 is 17.9 Å². The second kappa shape index (κ2) is 62.9. The molecule has 30 nitrogen and oxygen atoms in total. The van der Waals surface area contributed by atoms with Crippen LogP contribution in [-0.4, -0.2) is 188 Å². The van der Waals surface area contributed by atoms with Crippen molar-refractivity contribution >= 4 is 88.0 Å². The maximum absolute atomic E-state index is 14.6. The third kappa shape index (κ3) is 44.3. The highest BCUT2D eigenvalue weighted by Gasteiger charge is 2.33. The quantitative estimate of drug-likeness (QED) is 0.0185. The number of imidazole rings is 1.